The zero-order valence-corrected chi connectivity index (χ0v) is 23.1. The number of nitrogens with one attached hydrogen (secondary N) is 3. The largest absolute Gasteiger partial charge is 0.335 e. The quantitative estimate of drug-likeness (QED) is 0.207. The topological polar surface area (TPSA) is 137 Å². The van der Waals surface area contributed by atoms with Gasteiger partial charge < -0.3 is 20.9 Å². The third-order valence-electron chi connectivity index (χ3n) is 6.96. The van der Waals surface area contributed by atoms with E-state index in [2.05, 4.69) is 48.4 Å². The van der Waals surface area contributed by atoms with Gasteiger partial charge in [-0.3, -0.25) is 20.1 Å². The van der Waals surface area contributed by atoms with Crippen molar-refractivity contribution in [1.29, 1.82) is 0 Å². The molecule has 0 aliphatic heterocycles. The fraction of sp³-hybridized carbons (Fsp3) is 0.233. The summed E-state index contributed by atoms with van der Waals surface area (Å²) in [5.74, 6) is 0.208. The van der Waals surface area contributed by atoms with Gasteiger partial charge in [-0.2, -0.15) is 5.10 Å². The molecule has 0 saturated heterocycles. The number of aromatic nitrogens is 7. The molecule has 6 aromatic rings. The number of benzene rings is 1. The van der Waals surface area contributed by atoms with Crippen LogP contribution in [0.1, 0.15) is 24.1 Å². The second-order valence-corrected chi connectivity index (χ2v) is 10.4. The first kappa shape index (κ1) is 26.6. The molecule has 0 amide bonds. The van der Waals surface area contributed by atoms with Gasteiger partial charge in [0.15, 0.2) is 5.82 Å². The summed E-state index contributed by atoms with van der Waals surface area (Å²) in [5.41, 5.74) is 14.0. The number of hydrogen-bond acceptors (Lipinski definition) is 8. The lowest BCUT2D eigenvalue weighted by atomic mass is 9.99. The number of fused-ring (bicyclic) bond motifs is 2. The van der Waals surface area contributed by atoms with Crippen LogP contribution in [-0.2, 0) is 6.54 Å². The summed E-state index contributed by atoms with van der Waals surface area (Å²) in [5, 5.41) is 11.8. The van der Waals surface area contributed by atoms with Gasteiger partial charge in [0, 0.05) is 54.2 Å². The Balaban J connectivity index is 1.40. The number of nitrogens with two attached hydrogens (primary N) is 1. The van der Waals surface area contributed by atoms with Crippen molar-refractivity contribution >= 4 is 21.9 Å². The van der Waals surface area contributed by atoms with Crippen LogP contribution in [-0.4, -0.2) is 67.2 Å². The summed E-state index contributed by atoms with van der Waals surface area (Å²) in [7, 11) is 3.87. The Kier molecular flexibility index (Phi) is 7.23. The maximum absolute atomic E-state index is 14.7. The SMILES string of the molecule is CCNCc1cncc(-c2cc3c(-c4nc5c(-c6cc(F)cc(C(N)CN(C)C)c6)cncc5[nH]4)n[nH]c3cn2)c1. The standard InChI is InChI=1S/C30H31FN10/c1-4-33-10-17-5-20(12-34-11-17)25-9-22-26(15-36-25)39-40-29(22)30-37-27-14-35-13-23(28(27)38-30)18-6-19(8-21(31)7-18)24(32)16-41(2)3/h5-9,11-15,24,33H,4,10,16,32H2,1-3H3,(H,37,38)(H,39,40). The number of halogens is 1. The first-order valence-corrected chi connectivity index (χ1v) is 13.4. The van der Waals surface area contributed by atoms with Crippen molar-refractivity contribution in [2.75, 3.05) is 27.2 Å². The van der Waals surface area contributed by atoms with Crippen LogP contribution >= 0.6 is 0 Å². The molecule has 11 heteroatoms. The fourth-order valence-electron chi connectivity index (χ4n) is 4.99. The number of H-pyrrole nitrogens is 2. The van der Waals surface area contributed by atoms with Gasteiger partial charge in [0.1, 0.15) is 11.5 Å². The average Bonchev–Trinajstić information content (AvgIpc) is 3.59. The van der Waals surface area contributed by atoms with E-state index in [1.165, 1.54) is 12.1 Å². The molecule has 0 aliphatic rings. The van der Waals surface area contributed by atoms with E-state index in [-0.39, 0.29) is 11.9 Å². The molecule has 0 bridgehead atoms. The van der Waals surface area contributed by atoms with Gasteiger partial charge in [-0.05, 0) is 67.7 Å². The Hall–Kier alpha value is -4.58. The zero-order chi connectivity index (χ0) is 28.5. The predicted octanol–water partition coefficient (Wildman–Crippen LogP) is 4.44. The molecule has 0 saturated carbocycles. The summed E-state index contributed by atoms with van der Waals surface area (Å²) in [4.78, 5) is 23.7. The maximum atomic E-state index is 14.7. The molecule has 1 atom stereocenters. The lowest BCUT2D eigenvalue weighted by molar-refractivity contribution is 0.376. The minimum atomic E-state index is -0.359. The number of imidazole rings is 1. The molecule has 0 radical (unpaired) electrons. The minimum Gasteiger partial charge on any atom is -0.335 e. The first-order valence-electron chi connectivity index (χ1n) is 13.4. The van der Waals surface area contributed by atoms with E-state index in [1.807, 2.05) is 37.3 Å². The second kappa shape index (κ2) is 11.1. The average molecular weight is 551 g/mol. The molecule has 5 aromatic heterocycles. The van der Waals surface area contributed by atoms with Gasteiger partial charge >= 0.3 is 0 Å². The molecular weight excluding hydrogens is 519 g/mol. The minimum absolute atomic E-state index is 0.335. The fourth-order valence-corrected chi connectivity index (χ4v) is 4.99. The van der Waals surface area contributed by atoms with Crippen molar-refractivity contribution in [3.8, 4) is 33.9 Å². The third kappa shape index (κ3) is 5.42. The van der Waals surface area contributed by atoms with Crippen molar-refractivity contribution in [1.82, 2.24) is 45.3 Å². The normalized spacial score (nSPS) is 12.5. The van der Waals surface area contributed by atoms with E-state index in [4.69, 9.17) is 10.7 Å². The van der Waals surface area contributed by atoms with Gasteiger partial charge in [-0.1, -0.05) is 6.92 Å². The van der Waals surface area contributed by atoms with Crippen LogP contribution < -0.4 is 11.1 Å². The van der Waals surface area contributed by atoms with Gasteiger partial charge in [0.25, 0.3) is 0 Å². The highest BCUT2D eigenvalue weighted by Crippen LogP contribution is 2.33. The Morgan fingerprint density at radius 3 is 2.66 bits per heavy atom. The van der Waals surface area contributed by atoms with Crippen LogP contribution in [0.4, 0.5) is 4.39 Å². The Labute approximate surface area is 236 Å². The third-order valence-corrected chi connectivity index (χ3v) is 6.96. The maximum Gasteiger partial charge on any atom is 0.159 e. The van der Waals surface area contributed by atoms with Gasteiger partial charge in [-0.25, -0.2) is 9.37 Å². The number of pyridine rings is 3. The van der Waals surface area contributed by atoms with E-state index < -0.39 is 0 Å². The van der Waals surface area contributed by atoms with E-state index in [1.54, 1.807) is 24.8 Å². The predicted molar refractivity (Wildman–Crippen MR) is 158 cm³/mol. The lowest BCUT2D eigenvalue weighted by Gasteiger charge is -2.18. The van der Waals surface area contributed by atoms with Crippen LogP contribution in [0.25, 0.3) is 55.8 Å². The Bertz CT molecular complexity index is 1840. The molecule has 1 unspecified atom stereocenters. The zero-order valence-electron chi connectivity index (χ0n) is 23.1. The second-order valence-electron chi connectivity index (χ2n) is 10.4. The number of hydrogen-bond donors (Lipinski definition) is 4. The van der Waals surface area contributed by atoms with Crippen LogP contribution in [0.5, 0.6) is 0 Å². The highest BCUT2D eigenvalue weighted by atomic mass is 19.1. The molecule has 0 fully saturated rings. The number of likely N-dealkylation sites (N-methyl/N-ethyl adjacent to an activating group) is 1. The van der Waals surface area contributed by atoms with Gasteiger partial charge in [0.05, 0.1) is 34.6 Å². The lowest BCUT2D eigenvalue weighted by Crippen LogP contribution is -2.26. The molecule has 10 nitrogen and oxygen atoms in total. The van der Waals surface area contributed by atoms with E-state index in [9.17, 15) is 4.39 Å². The van der Waals surface area contributed by atoms with E-state index >= 15 is 0 Å². The van der Waals surface area contributed by atoms with E-state index in [0.29, 0.717) is 45.8 Å². The molecule has 208 valence electrons. The van der Waals surface area contributed by atoms with Gasteiger partial charge in [-0.15, -0.1) is 0 Å². The van der Waals surface area contributed by atoms with Crippen LogP contribution in [0.15, 0.2) is 61.3 Å². The Morgan fingerprint density at radius 2 is 1.83 bits per heavy atom. The molecule has 5 heterocycles. The van der Waals surface area contributed by atoms with Gasteiger partial charge in [0.2, 0.25) is 0 Å². The molecule has 0 spiro atoms. The Morgan fingerprint density at radius 1 is 0.976 bits per heavy atom. The van der Waals surface area contributed by atoms with Crippen molar-refractivity contribution in [2.45, 2.75) is 19.5 Å². The van der Waals surface area contributed by atoms with Crippen LogP contribution in [0.3, 0.4) is 0 Å². The van der Waals surface area contributed by atoms with Crippen LogP contribution in [0.2, 0.25) is 0 Å². The highest BCUT2D eigenvalue weighted by Gasteiger charge is 2.18. The van der Waals surface area contributed by atoms with Crippen molar-refractivity contribution < 1.29 is 4.39 Å². The molecule has 0 aliphatic carbocycles. The number of nitrogens with zero attached hydrogens (tertiary/aromatic N) is 6. The summed E-state index contributed by atoms with van der Waals surface area (Å²) in [6.45, 7) is 4.28. The summed E-state index contributed by atoms with van der Waals surface area (Å²) < 4.78 is 14.7. The molecule has 1 aromatic carbocycles. The molecule has 5 N–H and O–H groups in total. The van der Waals surface area contributed by atoms with E-state index in [0.717, 1.165) is 40.8 Å². The molecule has 41 heavy (non-hydrogen) atoms. The summed E-state index contributed by atoms with van der Waals surface area (Å²) >= 11 is 0. The highest BCUT2D eigenvalue weighted by molar-refractivity contribution is 5.97. The van der Waals surface area contributed by atoms with Crippen molar-refractivity contribution in [2.24, 2.45) is 5.73 Å². The van der Waals surface area contributed by atoms with Crippen molar-refractivity contribution in [3.05, 3.63) is 78.3 Å². The number of aromatic amines is 2. The van der Waals surface area contributed by atoms with Crippen LogP contribution in [0, 0.1) is 5.82 Å². The summed E-state index contributed by atoms with van der Waals surface area (Å²) in [6.07, 6.45) is 8.82. The first-order chi connectivity index (χ1) is 19.9. The molecular formula is C30H31FN10. The van der Waals surface area contributed by atoms with Crippen molar-refractivity contribution in [3.63, 3.8) is 0 Å². The monoisotopic (exact) mass is 550 g/mol. The summed E-state index contributed by atoms with van der Waals surface area (Å²) in [6, 6.07) is 8.60. The smallest absolute Gasteiger partial charge is 0.159 e. The molecule has 6 rings (SSSR count). The number of rotatable bonds is 9.